The van der Waals surface area contributed by atoms with E-state index in [1.165, 1.54) is 12.8 Å². The molecule has 6 aromatic rings. The third-order valence-corrected chi connectivity index (χ3v) is 11.7. The Kier molecular flexibility index (Phi) is 12.8. The van der Waals surface area contributed by atoms with Gasteiger partial charge >= 0.3 is 0 Å². The molecule has 2 atom stereocenters. The monoisotopic (exact) mass is 830 g/mol. The van der Waals surface area contributed by atoms with Crippen molar-refractivity contribution < 1.29 is 9.59 Å². The van der Waals surface area contributed by atoms with Gasteiger partial charge in [-0.05, 0) is 87.2 Å². The Hall–Kier alpha value is -6.29. The van der Waals surface area contributed by atoms with Gasteiger partial charge in [0.1, 0.15) is 35.1 Å². The second kappa shape index (κ2) is 18.3. The van der Waals surface area contributed by atoms with Crippen molar-refractivity contribution >= 4 is 46.4 Å². The number of halogens is 1. The van der Waals surface area contributed by atoms with Crippen LogP contribution >= 0.6 is 11.6 Å². The first-order chi connectivity index (χ1) is 28.8. The SMILES string of the molecule is C.CC[C@@H]1C(=O)N(C)c2cnc(-n3ccnc3-c3ccncc3)nc2N1C1CCC1.CC[C@@H]1C(=O)N(C)c2cnc(Cl)nc2N1C1CCC1.c1cc(-c2ncc[nH]2)ccn1. The van der Waals surface area contributed by atoms with Crippen molar-refractivity contribution in [2.45, 2.75) is 96.8 Å². The Morgan fingerprint density at radius 1 is 0.683 bits per heavy atom. The maximum absolute atomic E-state index is 12.9. The van der Waals surface area contributed by atoms with E-state index in [4.69, 9.17) is 16.6 Å². The first-order valence-corrected chi connectivity index (χ1v) is 20.5. The Bertz CT molecular complexity index is 2370. The lowest BCUT2D eigenvalue weighted by atomic mass is 9.88. The fourth-order valence-electron chi connectivity index (χ4n) is 7.93. The number of pyridine rings is 2. The summed E-state index contributed by atoms with van der Waals surface area (Å²) < 4.78 is 1.88. The van der Waals surface area contributed by atoms with Crippen LogP contribution in [0.15, 0.2) is 86.2 Å². The minimum absolute atomic E-state index is 0. The number of aromatic nitrogens is 10. The van der Waals surface area contributed by atoms with Gasteiger partial charge in [-0.25, -0.2) is 19.9 Å². The van der Waals surface area contributed by atoms with Crippen molar-refractivity contribution in [2.75, 3.05) is 33.7 Å². The molecule has 6 aromatic heterocycles. The van der Waals surface area contributed by atoms with Crippen molar-refractivity contribution in [3.63, 3.8) is 0 Å². The Balaban J connectivity index is 0.000000150. The largest absolute Gasteiger partial charge is 0.345 e. The number of H-pyrrole nitrogens is 1. The number of carbonyl (C=O) groups is 2. The molecule has 2 aliphatic heterocycles. The zero-order chi connectivity index (χ0) is 41.0. The second-order valence-corrected chi connectivity index (χ2v) is 15.2. The van der Waals surface area contributed by atoms with E-state index in [1.807, 2.05) is 49.0 Å². The molecule has 0 spiro atoms. The summed E-state index contributed by atoms with van der Waals surface area (Å²) in [6, 6.07) is 8.12. The zero-order valence-corrected chi connectivity index (χ0v) is 34.3. The molecule has 312 valence electrons. The van der Waals surface area contributed by atoms with Crippen LogP contribution in [0.4, 0.5) is 23.0 Å². The third kappa shape index (κ3) is 8.03. The summed E-state index contributed by atoms with van der Waals surface area (Å²) in [4.78, 5) is 70.6. The predicted octanol–water partition coefficient (Wildman–Crippen LogP) is 7.19. The van der Waals surface area contributed by atoms with Gasteiger partial charge in [-0.1, -0.05) is 21.3 Å². The summed E-state index contributed by atoms with van der Waals surface area (Å²) in [7, 11) is 3.59. The maximum Gasteiger partial charge on any atom is 0.249 e. The van der Waals surface area contributed by atoms with E-state index in [2.05, 4.69) is 56.6 Å². The lowest BCUT2D eigenvalue weighted by Gasteiger charge is -2.47. The number of imidazole rings is 2. The summed E-state index contributed by atoms with van der Waals surface area (Å²) in [6.45, 7) is 4.10. The number of rotatable bonds is 7. The zero-order valence-electron chi connectivity index (χ0n) is 33.6. The molecule has 0 aromatic carbocycles. The number of nitrogens with zero attached hydrogens (tertiary/aromatic N) is 13. The number of nitrogens with one attached hydrogen (secondary N) is 1. The summed E-state index contributed by atoms with van der Waals surface area (Å²) in [5, 5.41) is 0.237. The number of fused-ring (bicyclic) bond motifs is 2. The third-order valence-electron chi connectivity index (χ3n) is 11.5. The van der Waals surface area contributed by atoms with Crippen molar-refractivity contribution in [1.29, 1.82) is 0 Å². The number of amides is 2. The molecule has 1 N–H and O–H groups in total. The van der Waals surface area contributed by atoms with E-state index < -0.39 is 0 Å². The smallest absolute Gasteiger partial charge is 0.249 e. The van der Waals surface area contributed by atoms with Gasteiger partial charge in [0.25, 0.3) is 0 Å². The molecule has 60 heavy (non-hydrogen) atoms. The Morgan fingerprint density at radius 2 is 1.22 bits per heavy atom. The van der Waals surface area contributed by atoms with Crippen LogP contribution < -0.4 is 19.6 Å². The number of likely N-dealkylation sites (N-methyl/N-ethyl adjacent to an activating group) is 2. The summed E-state index contributed by atoms with van der Waals surface area (Å²) in [6.07, 6.45) is 25.9. The highest BCUT2D eigenvalue weighted by Crippen LogP contribution is 2.42. The quantitative estimate of drug-likeness (QED) is 0.161. The van der Waals surface area contributed by atoms with Crippen molar-refractivity contribution in [2.24, 2.45) is 0 Å². The maximum atomic E-state index is 12.9. The number of hydrogen-bond acceptors (Lipinski definition) is 12. The number of carbonyl (C=O) groups excluding carboxylic acids is 2. The molecule has 0 saturated heterocycles. The van der Waals surface area contributed by atoms with E-state index in [1.54, 1.807) is 72.6 Å². The van der Waals surface area contributed by atoms with Gasteiger partial charge in [-0.15, -0.1) is 0 Å². The van der Waals surface area contributed by atoms with Gasteiger partial charge in [-0.2, -0.15) is 9.97 Å². The average molecular weight is 831 g/mol. The molecule has 2 amide bonds. The average Bonchev–Trinajstić information content (AvgIpc) is 3.96. The first-order valence-electron chi connectivity index (χ1n) is 20.1. The standard InChI is InChI=1S/C21H23N7O.C13H17ClN4O.C8H7N3.CH4/c1-3-16-20(29)26(2)17-13-24-21(25-19(17)28(16)15-5-4-6-15)27-12-11-23-18(27)14-7-9-22-10-8-14;1-3-9-12(19)17(2)10-7-15-13(14)16-11(10)18(9)8-5-4-6-8;1-3-9-4-2-7(1)8-10-5-6-11-8;/h7-13,15-16H,3-6H2,1-2H3;7-9H,3-6H2,1-2H3;1-6H,(H,10,11);1H4/t16-;9-;;/m11../s1. The van der Waals surface area contributed by atoms with E-state index in [-0.39, 0.29) is 36.6 Å². The fourth-order valence-corrected chi connectivity index (χ4v) is 8.06. The van der Waals surface area contributed by atoms with Crippen LogP contribution in [0.5, 0.6) is 0 Å². The van der Waals surface area contributed by atoms with Crippen LogP contribution in [-0.2, 0) is 9.59 Å². The molecule has 0 unspecified atom stereocenters. The van der Waals surface area contributed by atoms with Crippen molar-refractivity contribution in [1.82, 2.24) is 49.4 Å². The van der Waals surface area contributed by atoms with E-state index >= 15 is 0 Å². The minimum Gasteiger partial charge on any atom is -0.345 e. The Morgan fingerprint density at radius 3 is 1.72 bits per heavy atom. The molecule has 0 radical (unpaired) electrons. The highest BCUT2D eigenvalue weighted by Gasteiger charge is 2.43. The molecule has 16 nitrogen and oxygen atoms in total. The molecular weight excluding hydrogens is 780 g/mol. The first kappa shape index (κ1) is 41.9. The van der Waals surface area contributed by atoms with Crippen molar-refractivity contribution in [3.05, 3.63) is 91.5 Å². The molecular formula is C43H51ClN14O2. The van der Waals surface area contributed by atoms with Gasteiger partial charge in [-0.3, -0.25) is 24.1 Å². The molecule has 17 heteroatoms. The highest BCUT2D eigenvalue weighted by atomic mass is 35.5. The molecule has 10 rings (SSSR count). The van der Waals surface area contributed by atoms with Crippen LogP contribution in [0.3, 0.4) is 0 Å². The van der Waals surface area contributed by atoms with Crippen molar-refractivity contribution in [3.8, 4) is 28.7 Å². The lowest BCUT2D eigenvalue weighted by Crippen LogP contribution is -2.57. The number of hydrogen-bond donors (Lipinski definition) is 1. The van der Waals surface area contributed by atoms with E-state index in [0.29, 0.717) is 18.0 Å². The van der Waals surface area contributed by atoms with Gasteiger partial charge in [0.05, 0.1) is 12.4 Å². The van der Waals surface area contributed by atoms with E-state index in [9.17, 15) is 9.59 Å². The van der Waals surface area contributed by atoms with Crippen LogP contribution in [0, 0.1) is 0 Å². The van der Waals surface area contributed by atoms with Crippen LogP contribution in [-0.4, -0.2) is 99.5 Å². The number of aromatic amines is 1. The molecule has 8 heterocycles. The van der Waals surface area contributed by atoms with Gasteiger partial charge in [0.2, 0.25) is 23.0 Å². The molecule has 4 aliphatic rings. The van der Waals surface area contributed by atoms with Crippen LogP contribution in [0.25, 0.3) is 28.7 Å². The topological polar surface area (TPSA) is 171 Å². The lowest BCUT2D eigenvalue weighted by molar-refractivity contribution is -0.121. The summed E-state index contributed by atoms with van der Waals surface area (Å²) in [5.41, 5.74) is 3.53. The van der Waals surface area contributed by atoms with Gasteiger partial charge in [0.15, 0.2) is 11.6 Å². The minimum atomic E-state index is -0.178. The molecule has 2 saturated carbocycles. The summed E-state index contributed by atoms with van der Waals surface area (Å²) >= 11 is 5.93. The normalized spacial score (nSPS) is 18.5. The second-order valence-electron chi connectivity index (χ2n) is 14.9. The van der Waals surface area contributed by atoms with E-state index in [0.717, 1.165) is 84.3 Å². The number of anilines is 4. The predicted molar refractivity (Wildman–Crippen MR) is 233 cm³/mol. The highest BCUT2D eigenvalue weighted by molar-refractivity contribution is 6.28. The van der Waals surface area contributed by atoms with Gasteiger partial charge in [0, 0.05) is 86.9 Å². The van der Waals surface area contributed by atoms with Gasteiger partial charge < -0.3 is 24.6 Å². The molecule has 0 bridgehead atoms. The Labute approximate surface area is 355 Å². The molecule has 2 fully saturated rings. The summed E-state index contributed by atoms with van der Waals surface area (Å²) in [5.74, 6) is 4.06. The van der Waals surface area contributed by atoms with Crippen LogP contribution in [0.1, 0.15) is 72.6 Å². The van der Waals surface area contributed by atoms with Crippen LogP contribution in [0.2, 0.25) is 5.28 Å². The fraction of sp³-hybridized carbons (Fsp3) is 0.395. The molecule has 2 aliphatic carbocycles.